The Labute approximate surface area is 117 Å². The van der Waals surface area contributed by atoms with Crippen molar-refractivity contribution >= 4 is 0 Å². The topological polar surface area (TPSA) is 63.7 Å². The highest BCUT2D eigenvalue weighted by atomic mass is 16.5. The number of nitrogens with zero attached hydrogens (tertiary/aromatic N) is 4. The SMILES string of the molecule is CC1(OC#N)Cc2c(-n3cncn3)cccc2C1(C)C. The average Bonchev–Trinajstić information content (AvgIpc) is 2.98. The van der Waals surface area contributed by atoms with Crippen LogP contribution in [-0.4, -0.2) is 20.4 Å². The molecule has 1 atom stereocenters. The summed E-state index contributed by atoms with van der Waals surface area (Å²) in [7, 11) is 0. The standard InChI is InChI=1S/C15H16N4O/c1-14(2)12-5-4-6-13(19-10-17-9-18-19)11(12)7-15(14,3)20-8-16/h4-6,9-10H,7H2,1-3H3. The molecule has 5 nitrogen and oxygen atoms in total. The summed E-state index contributed by atoms with van der Waals surface area (Å²) in [5.74, 6) is 0. The maximum Gasteiger partial charge on any atom is 0.286 e. The summed E-state index contributed by atoms with van der Waals surface area (Å²) in [5, 5.41) is 13.2. The van der Waals surface area contributed by atoms with Crippen LogP contribution in [0.25, 0.3) is 5.69 Å². The van der Waals surface area contributed by atoms with Gasteiger partial charge < -0.3 is 4.74 Å². The van der Waals surface area contributed by atoms with Crippen molar-refractivity contribution in [2.75, 3.05) is 0 Å². The van der Waals surface area contributed by atoms with E-state index in [1.807, 2.05) is 25.3 Å². The van der Waals surface area contributed by atoms with Crippen molar-refractivity contribution in [3.8, 4) is 11.9 Å². The third kappa shape index (κ3) is 1.54. The summed E-state index contributed by atoms with van der Waals surface area (Å²) in [4.78, 5) is 4.00. The number of benzene rings is 1. The zero-order valence-corrected chi connectivity index (χ0v) is 11.8. The van der Waals surface area contributed by atoms with Crippen molar-refractivity contribution in [2.24, 2.45) is 0 Å². The Morgan fingerprint density at radius 3 is 2.80 bits per heavy atom. The maximum atomic E-state index is 8.96. The molecule has 0 spiro atoms. The molecule has 20 heavy (non-hydrogen) atoms. The maximum absolute atomic E-state index is 8.96. The van der Waals surface area contributed by atoms with Crippen LogP contribution in [0, 0.1) is 11.5 Å². The van der Waals surface area contributed by atoms with Crippen LogP contribution in [0.4, 0.5) is 0 Å². The second-order valence-electron chi connectivity index (χ2n) is 5.87. The van der Waals surface area contributed by atoms with E-state index in [1.165, 1.54) is 17.5 Å². The minimum absolute atomic E-state index is 0.241. The molecule has 0 radical (unpaired) electrons. The van der Waals surface area contributed by atoms with E-state index in [-0.39, 0.29) is 5.41 Å². The van der Waals surface area contributed by atoms with Gasteiger partial charge in [0.05, 0.1) is 5.69 Å². The van der Waals surface area contributed by atoms with Crippen LogP contribution >= 0.6 is 0 Å². The number of aromatic nitrogens is 3. The Morgan fingerprint density at radius 2 is 2.15 bits per heavy atom. The van der Waals surface area contributed by atoms with Gasteiger partial charge in [-0.1, -0.05) is 26.0 Å². The van der Waals surface area contributed by atoms with E-state index < -0.39 is 5.60 Å². The predicted octanol–water partition coefficient (Wildman–Crippen LogP) is 2.36. The van der Waals surface area contributed by atoms with Gasteiger partial charge in [0.25, 0.3) is 6.26 Å². The summed E-state index contributed by atoms with van der Waals surface area (Å²) in [5.41, 5.74) is 2.58. The first kappa shape index (κ1) is 12.7. The fourth-order valence-corrected chi connectivity index (χ4v) is 3.00. The monoisotopic (exact) mass is 268 g/mol. The molecular weight excluding hydrogens is 252 g/mol. The van der Waals surface area contributed by atoms with Crippen LogP contribution in [0.1, 0.15) is 31.9 Å². The van der Waals surface area contributed by atoms with Crippen LogP contribution in [0.3, 0.4) is 0 Å². The number of hydrogen-bond donors (Lipinski definition) is 0. The van der Waals surface area contributed by atoms with Gasteiger partial charge >= 0.3 is 0 Å². The smallest absolute Gasteiger partial charge is 0.286 e. The Bertz CT molecular complexity index is 684. The molecule has 1 aliphatic carbocycles. The number of rotatable bonds is 2. The summed E-state index contributed by atoms with van der Waals surface area (Å²) in [6.45, 7) is 6.21. The summed E-state index contributed by atoms with van der Waals surface area (Å²) in [6.07, 6.45) is 5.74. The Morgan fingerprint density at radius 1 is 1.35 bits per heavy atom. The molecular formula is C15H16N4O. The number of fused-ring (bicyclic) bond motifs is 1. The Kier molecular flexibility index (Phi) is 2.58. The number of hydrogen-bond acceptors (Lipinski definition) is 4. The summed E-state index contributed by atoms with van der Waals surface area (Å²) < 4.78 is 7.18. The fraction of sp³-hybridized carbons (Fsp3) is 0.400. The highest BCUT2D eigenvalue weighted by molar-refractivity contribution is 5.54. The quantitative estimate of drug-likeness (QED) is 0.784. The van der Waals surface area contributed by atoms with Gasteiger partial charge in [-0.2, -0.15) is 10.4 Å². The lowest BCUT2D eigenvalue weighted by Gasteiger charge is -2.35. The highest BCUT2D eigenvalue weighted by Gasteiger charge is 2.52. The number of ether oxygens (including phenoxy) is 1. The van der Waals surface area contributed by atoms with Crippen molar-refractivity contribution in [3.63, 3.8) is 0 Å². The summed E-state index contributed by atoms with van der Waals surface area (Å²) >= 11 is 0. The fourth-order valence-electron chi connectivity index (χ4n) is 3.00. The van der Waals surface area contributed by atoms with E-state index in [4.69, 9.17) is 10.00 Å². The molecule has 1 aromatic heterocycles. The zero-order valence-electron chi connectivity index (χ0n) is 11.8. The van der Waals surface area contributed by atoms with E-state index in [9.17, 15) is 0 Å². The molecule has 0 saturated heterocycles. The van der Waals surface area contributed by atoms with Crippen molar-refractivity contribution in [2.45, 2.75) is 38.2 Å². The minimum Gasteiger partial charge on any atom is -0.420 e. The van der Waals surface area contributed by atoms with Crippen LogP contribution in [0.15, 0.2) is 30.9 Å². The minimum atomic E-state index is -0.541. The molecule has 0 N–H and O–H groups in total. The second kappa shape index (κ2) is 4.07. The van der Waals surface area contributed by atoms with Crippen molar-refractivity contribution < 1.29 is 4.74 Å². The number of nitriles is 1. The lowest BCUT2D eigenvalue weighted by molar-refractivity contribution is 0.00187. The molecule has 102 valence electrons. The first-order valence-corrected chi connectivity index (χ1v) is 6.54. The molecule has 5 heteroatoms. The summed E-state index contributed by atoms with van der Waals surface area (Å²) in [6, 6.07) is 6.12. The van der Waals surface area contributed by atoms with Crippen LogP contribution in [0.2, 0.25) is 0 Å². The normalized spacial score (nSPS) is 23.1. The largest absolute Gasteiger partial charge is 0.420 e. The molecule has 1 heterocycles. The van der Waals surface area contributed by atoms with E-state index in [2.05, 4.69) is 30.0 Å². The van der Waals surface area contributed by atoms with E-state index in [0.717, 1.165) is 5.69 Å². The van der Waals surface area contributed by atoms with E-state index >= 15 is 0 Å². The molecule has 0 bridgehead atoms. The van der Waals surface area contributed by atoms with Gasteiger partial charge in [-0.3, -0.25) is 0 Å². The molecule has 3 rings (SSSR count). The van der Waals surface area contributed by atoms with Crippen LogP contribution in [0.5, 0.6) is 0 Å². The molecule has 1 aliphatic rings. The van der Waals surface area contributed by atoms with Crippen molar-refractivity contribution in [3.05, 3.63) is 42.0 Å². The second-order valence-corrected chi connectivity index (χ2v) is 5.87. The van der Waals surface area contributed by atoms with Gasteiger partial charge in [0.2, 0.25) is 0 Å². The third-order valence-electron chi connectivity index (χ3n) is 4.60. The first-order chi connectivity index (χ1) is 9.49. The average molecular weight is 268 g/mol. The van der Waals surface area contributed by atoms with Gasteiger partial charge in [0.1, 0.15) is 18.3 Å². The molecule has 0 fully saturated rings. The zero-order chi connectivity index (χ0) is 14.4. The highest BCUT2D eigenvalue weighted by Crippen LogP contribution is 2.49. The van der Waals surface area contributed by atoms with Crippen LogP contribution in [-0.2, 0) is 16.6 Å². The first-order valence-electron chi connectivity index (χ1n) is 6.54. The Hall–Kier alpha value is -2.35. The van der Waals surface area contributed by atoms with Crippen molar-refractivity contribution in [1.29, 1.82) is 5.26 Å². The van der Waals surface area contributed by atoms with Crippen LogP contribution < -0.4 is 0 Å². The van der Waals surface area contributed by atoms with Gasteiger partial charge in [-0.25, -0.2) is 9.67 Å². The van der Waals surface area contributed by atoms with Gasteiger partial charge in [-0.05, 0) is 24.1 Å². The van der Waals surface area contributed by atoms with E-state index in [0.29, 0.717) is 6.42 Å². The van der Waals surface area contributed by atoms with E-state index in [1.54, 1.807) is 11.0 Å². The van der Waals surface area contributed by atoms with Gasteiger partial charge in [0.15, 0.2) is 0 Å². The molecule has 0 aliphatic heterocycles. The lowest BCUT2D eigenvalue weighted by Crippen LogP contribution is -2.43. The third-order valence-corrected chi connectivity index (χ3v) is 4.60. The van der Waals surface area contributed by atoms with Crippen molar-refractivity contribution in [1.82, 2.24) is 14.8 Å². The molecule has 0 saturated carbocycles. The molecule has 0 amide bonds. The van der Waals surface area contributed by atoms with Gasteiger partial charge in [-0.15, -0.1) is 0 Å². The molecule has 1 aromatic carbocycles. The predicted molar refractivity (Wildman–Crippen MR) is 73.2 cm³/mol. The lowest BCUT2D eigenvalue weighted by atomic mass is 9.76. The molecule has 1 unspecified atom stereocenters. The van der Waals surface area contributed by atoms with Gasteiger partial charge in [0, 0.05) is 11.8 Å². The Balaban J connectivity index is 2.18. The molecule has 2 aromatic rings.